The third-order valence-electron chi connectivity index (χ3n) is 2.96. The molecular weight excluding hydrogens is 296 g/mol. The Morgan fingerprint density at radius 2 is 2.05 bits per heavy atom. The van der Waals surface area contributed by atoms with Gasteiger partial charge in [0.2, 0.25) is 0 Å². The maximum absolute atomic E-state index is 13.7. The summed E-state index contributed by atoms with van der Waals surface area (Å²) in [6.45, 7) is 1.76. The molecule has 1 atom stereocenters. The van der Waals surface area contributed by atoms with Crippen molar-refractivity contribution in [2.45, 2.75) is 37.9 Å². The number of nitrogens with zero attached hydrogens (tertiary/aromatic N) is 2. The van der Waals surface area contributed by atoms with Crippen molar-refractivity contribution in [2.75, 3.05) is 0 Å². The van der Waals surface area contributed by atoms with E-state index in [1.807, 2.05) is 0 Å². The van der Waals surface area contributed by atoms with Crippen molar-refractivity contribution in [3.05, 3.63) is 29.8 Å². The molecule has 0 radical (unpaired) electrons. The molecule has 2 rings (SSSR count). The molecule has 0 aliphatic carbocycles. The molecule has 1 aromatic heterocycles. The van der Waals surface area contributed by atoms with Crippen molar-refractivity contribution in [3.8, 4) is 0 Å². The van der Waals surface area contributed by atoms with Gasteiger partial charge in [0.05, 0.1) is 10.9 Å². The third kappa shape index (κ3) is 3.23. The molecule has 1 heterocycles. The highest BCUT2D eigenvalue weighted by Gasteiger charge is 2.26. The summed E-state index contributed by atoms with van der Waals surface area (Å²) in [6, 6.07) is 4.39. The fraction of sp³-hybridized carbons (Fsp3) is 0.462. The number of hydrogen-bond acceptors (Lipinski definition) is 1. The highest BCUT2D eigenvalue weighted by atomic mass is 35.5. The lowest BCUT2D eigenvalue weighted by Crippen LogP contribution is -2.11. The SMILES string of the molecule is CC(Cl)c1nc2c(F)cccc2n1CCCC(F)(F)F. The van der Waals surface area contributed by atoms with Crippen LogP contribution in [0.1, 0.15) is 31.0 Å². The van der Waals surface area contributed by atoms with E-state index in [0.29, 0.717) is 11.3 Å². The molecule has 1 unspecified atom stereocenters. The zero-order chi connectivity index (χ0) is 14.9. The van der Waals surface area contributed by atoms with E-state index in [0.717, 1.165) is 0 Å². The molecular formula is C13H13ClF4N2. The van der Waals surface area contributed by atoms with E-state index in [1.54, 1.807) is 17.6 Å². The fourth-order valence-corrected chi connectivity index (χ4v) is 2.27. The number of rotatable bonds is 4. The first kappa shape index (κ1) is 15.1. The van der Waals surface area contributed by atoms with Crippen LogP contribution in [-0.2, 0) is 6.54 Å². The van der Waals surface area contributed by atoms with Crippen LogP contribution in [0.3, 0.4) is 0 Å². The maximum atomic E-state index is 13.7. The summed E-state index contributed by atoms with van der Waals surface area (Å²) < 4.78 is 51.8. The first-order valence-corrected chi connectivity index (χ1v) is 6.58. The fourth-order valence-electron chi connectivity index (χ4n) is 2.11. The van der Waals surface area contributed by atoms with Crippen molar-refractivity contribution >= 4 is 22.6 Å². The minimum absolute atomic E-state index is 0.0952. The monoisotopic (exact) mass is 308 g/mol. The predicted octanol–water partition coefficient (Wildman–Crippen LogP) is 4.82. The maximum Gasteiger partial charge on any atom is 0.389 e. The van der Waals surface area contributed by atoms with Crippen LogP contribution in [0.4, 0.5) is 17.6 Å². The first-order chi connectivity index (χ1) is 9.29. The average Bonchev–Trinajstić information content (AvgIpc) is 2.68. The van der Waals surface area contributed by atoms with Gasteiger partial charge >= 0.3 is 6.18 Å². The Kier molecular flexibility index (Phi) is 4.22. The zero-order valence-electron chi connectivity index (χ0n) is 10.7. The predicted molar refractivity (Wildman–Crippen MR) is 69.2 cm³/mol. The lowest BCUT2D eigenvalue weighted by molar-refractivity contribution is -0.135. The summed E-state index contributed by atoms with van der Waals surface area (Å²) in [7, 11) is 0. The van der Waals surface area contributed by atoms with Crippen LogP contribution in [0.5, 0.6) is 0 Å². The molecule has 0 saturated carbocycles. The summed E-state index contributed by atoms with van der Waals surface area (Å²) in [5.74, 6) is -0.121. The molecule has 7 heteroatoms. The number of hydrogen-bond donors (Lipinski definition) is 0. The number of benzene rings is 1. The van der Waals surface area contributed by atoms with Gasteiger partial charge in [-0.1, -0.05) is 6.07 Å². The van der Waals surface area contributed by atoms with Crippen molar-refractivity contribution in [2.24, 2.45) is 0 Å². The van der Waals surface area contributed by atoms with E-state index in [9.17, 15) is 17.6 Å². The standard InChI is InChI=1S/C13H13ClF4N2/c1-8(14)12-19-11-9(15)4-2-5-10(11)20(12)7-3-6-13(16,17)18/h2,4-5,8H,3,6-7H2,1H3. The van der Waals surface area contributed by atoms with E-state index >= 15 is 0 Å². The molecule has 0 amide bonds. The molecule has 2 nitrogen and oxygen atoms in total. The van der Waals surface area contributed by atoms with Crippen LogP contribution in [-0.4, -0.2) is 15.7 Å². The van der Waals surface area contributed by atoms with Gasteiger partial charge in [-0.2, -0.15) is 13.2 Å². The van der Waals surface area contributed by atoms with E-state index in [-0.39, 0.29) is 18.5 Å². The normalized spacial score (nSPS) is 13.9. The van der Waals surface area contributed by atoms with Crippen LogP contribution in [0.2, 0.25) is 0 Å². The van der Waals surface area contributed by atoms with Gasteiger partial charge in [-0.15, -0.1) is 11.6 Å². The molecule has 0 spiro atoms. The van der Waals surface area contributed by atoms with E-state index in [1.165, 1.54) is 12.1 Å². The van der Waals surface area contributed by atoms with Crippen LogP contribution in [0.25, 0.3) is 11.0 Å². The largest absolute Gasteiger partial charge is 0.389 e. The lowest BCUT2D eigenvalue weighted by atomic mass is 10.2. The highest BCUT2D eigenvalue weighted by Crippen LogP contribution is 2.28. The summed E-state index contributed by atoms with van der Waals surface area (Å²) in [4.78, 5) is 4.10. The number of fused-ring (bicyclic) bond motifs is 1. The Bertz CT molecular complexity index is 604. The van der Waals surface area contributed by atoms with Gasteiger partial charge in [-0.25, -0.2) is 9.37 Å². The minimum Gasteiger partial charge on any atom is -0.327 e. The molecule has 0 saturated heterocycles. The second kappa shape index (κ2) is 5.60. The van der Waals surface area contributed by atoms with E-state index in [4.69, 9.17) is 11.6 Å². The Morgan fingerprint density at radius 1 is 1.35 bits per heavy atom. The molecule has 0 aliphatic rings. The molecule has 0 N–H and O–H groups in total. The Labute approximate surface area is 118 Å². The van der Waals surface area contributed by atoms with Crippen LogP contribution < -0.4 is 0 Å². The summed E-state index contributed by atoms with van der Waals surface area (Å²) in [5.41, 5.74) is 0.608. The minimum atomic E-state index is -4.20. The number of alkyl halides is 4. The summed E-state index contributed by atoms with van der Waals surface area (Å²) >= 11 is 5.97. The van der Waals surface area contributed by atoms with Crippen LogP contribution in [0, 0.1) is 5.82 Å². The summed E-state index contributed by atoms with van der Waals surface area (Å²) in [5, 5.41) is -0.507. The Balaban J connectivity index is 2.34. The van der Waals surface area contributed by atoms with Crippen molar-refractivity contribution < 1.29 is 17.6 Å². The molecule has 1 aromatic carbocycles. The molecule has 2 aromatic rings. The van der Waals surface area contributed by atoms with Gasteiger partial charge in [0.15, 0.2) is 5.82 Å². The highest BCUT2D eigenvalue weighted by molar-refractivity contribution is 6.20. The Hall–Kier alpha value is -1.30. The van der Waals surface area contributed by atoms with Crippen LogP contribution >= 0.6 is 11.6 Å². The smallest absolute Gasteiger partial charge is 0.327 e. The zero-order valence-corrected chi connectivity index (χ0v) is 11.5. The number of halogens is 5. The molecule has 0 fully saturated rings. The van der Waals surface area contributed by atoms with Crippen molar-refractivity contribution in [1.82, 2.24) is 9.55 Å². The summed E-state index contributed by atoms with van der Waals surface area (Å²) in [6.07, 6.45) is -5.19. The number of aryl methyl sites for hydroxylation is 1. The number of imidazole rings is 1. The molecule has 110 valence electrons. The second-order valence-electron chi connectivity index (χ2n) is 4.56. The quantitative estimate of drug-likeness (QED) is 0.585. The van der Waals surface area contributed by atoms with Gasteiger partial charge in [-0.3, -0.25) is 0 Å². The molecule has 20 heavy (non-hydrogen) atoms. The average molecular weight is 309 g/mol. The lowest BCUT2D eigenvalue weighted by Gasteiger charge is -2.11. The van der Waals surface area contributed by atoms with E-state index < -0.39 is 23.8 Å². The van der Waals surface area contributed by atoms with Gasteiger partial charge in [0, 0.05) is 13.0 Å². The second-order valence-corrected chi connectivity index (χ2v) is 5.22. The third-order valence-corrected chi connectivity index (χ3v) is 3.15. The van der Waals surface area contributed by atoms with Gasteiger partial charge in [-0.05, 0) is 25.5 Å². The Morgan fingerprint density at radius 3 is 2.65 bits per heavy atom. The van der Waals surface area contributed by atoms with Crippen molar-refractivity contribution in [3.63, 3.8) is 0 Å². The number of aromatic nitrogens is 2. The first-order valence-electron chi connectivity index (χ1n) is 6.15. The van der Waals surface area contributed by atoms with Gasteiger partial charge in [0.1, 0.15) is 11.3 Å². The van der Waals surface area contributed by atoms with Gasteiger partial charge < -0.3 is 4.57 Å². The van der Waals surface area contributed by atoms with E-state index in [2.05, 4.69) is 4.98 Å². The molecule has 0 aliphatic heterocycles. The van der Waals surface area contributed by atoms with Gasteiger partial charge in [0.25, 0.3) is 0 Å². The number of para-hydroxylation sites is 1. The topological polar surface area (TPSA) is 17.8 Å². The molecule has 0 bridgehead atoms. The van der Waals surface area contributed by atoms with Crippen molar-refractivity contribution in [1.29, 1.82) is 0 Å². The van der Waals surface area contributed by atoms with Crippen LogP contribution in [0.15, 0.2) is 18.2 Å².